The van der Waals surface area contributed by atoms with Gasteiger partial charge >= 0.3 is 0 Å². The minimum Gasteiger partial charge on any atom is -0.489 e. The van der Waals surface area contributed by atoms with Gasteiger partial charge in [-0.15, -0.1) is 0 Å². The number of rotatable bonds is 6. The number of halogens is 1. The standard InChI is InChI=1S/C13H18BrNO/c1-4-8-16-13-7-6-11(14)9-12(13)10(3)15-5-2/h4,6-7,9-10,15H,1,5,8H2,2-3H3. The number of hydrogen-bond donors (Lipinski definition) is 1. The summed E-state index contributed by atoms with van der Waals surface area (Å²) in [6, 6.07) is 6.34. The van der Waals surface area contributed by atoms with Crippen LogP contribution in [0.2, 0.25) is 0 Å². The molecule has 2 nitrogen and oxygen atoms in total. The Morgan fingerprint density at radius 3 is 2.94 bits per heavy atom. The first kappa shape index (κ1) is 13.3. The van der Waals surface area contributed by atoms with Crippen molar-refractivity contribution in [3.05, 3.63) is 40.9 Å². The Kier molecular flexibility index (Phi) is 5.56. The second-order valence-corrected chi connectivity index (χ2v) is 4.48. The van der Waals surface area contributed by atoms with E-state index in [4.69, 9.17) is 4.74 Å². The molecule has 0 heterocycles. The lowest BCUT2D eigenvalue weighted by atomic mass is 10.1. The van der Waals surface area contributed by atoms with Crippen molar-refractivity contribution < 1.29 is 4.74 Å². The number of benzene rings is 1. The predicted molar refractivity (Wildman–Crippen MR) is 71.9 cm³/mol. The Morgan fingerprint density at radius 1 is 1.56 bits per heavy atom. The smallest absolute Gasteiger partial charge is 0.124 e. The molecule has 0 fully saturated rings. The van der Waals surface area contributed by atoms with E-state index < -0.39 is 0 Å². The molecule has 3 heteroatoms. The summed E-state index contributed by atoms with van der Waals surface area (Å²) in [7, 11) is 0. The van der Waals surface area contributed by atoms with E-state index in [2.05, 4.69) is 47.7 Å². The van der Waals surface area contributed by atoms with Gasteiger partial charge in [-0.05, 0) is 31.7 Å². The molecule has 1 N–H and O–H groups in total. The zero-order valence-electron chi connectivity index (χ0n) is 9.79. The van der Waals surface area contributed by atoms with E-state index >= 15 is 0 Å². The van der Waals surface area contributed by atoms with Crippen LogP contribution in [-0.2, 0) is 0 Å². The highest BCUT2D eigenvalue weighted by Crippen LogP contribution is 2.28. The summed E-state index contributed by atoms with van der Waals surface area (Å²) < 4.78 is 6.70. The summed E-state index contributed by atoms with van der Waals surface area (Å²) in [5, 5.41) is 3.38. The van der Waals surface area contributed by atoms with Gasteiger partial charge in [0.1, 0.15) is 12.4 Å². The molecular weight excluding hydrogens is 266 g/mol. The molecule has 0 saturated heterocycles. The molecule has 0 aliphatic carbocycles. The normalized spacial score (nSPS) is 12.2. The maximum absolute atomic E-state index is 5.63. The zero-order chi connectivity index (χ0) is 12.0. The SMILES string of the molecule is C=CCOc1ccc(Br)cc1C(C)NCC. The Hall–Kier alpha value is -0.800. The minimum atomic E-state index is 0.280. The summed E-state index contributed by atoms with van der Waals surface area (Å²) in [5.74, 6) is 0.913. The van der Waals surface area contributed by atoms with Crippen molar-refractivity contribution in [2.75, 3.05) is 13.2 Å². The fourth-order valence-electron chi connectivity index (χ4n) is 1.55. The van der Waals surface area contributed by atoms with Crippen molar-refractivity contribution in [1.29, 1.82) is 0 Å². The Labute approximate surface area is 106 Å². The lowest BCUT2D eigenvalue weighted by molar-refractivity contribution is 0.354. The summed E-state index contributed by atoms with van der Waals surface area (Å²) in [4.78, 5) is 0. The van der Waals surface area contributed by atoms with E-state index in [0.29, 0.717) is 6.61 Å². The second kappa shape index (κ2) is 6.71. The van der Waals surface area contributed by atoms with Crippen LogP contribution in [0.1, 0.15) is 25.5 Å². The van der Waals surface area contributed by atoms with Crippen LogP contribution in [-0.4, -0.2) is 13.2 Å². The molecule has 0 saturated carbocycles. The van der Waals surface area contributed by atoms with Gasteiger partial charge < -0.3 is 10.1 Å². The van der Waals surface area contributed by atoms with Crippen molar-refractivity contribution in [3.8, 4) is 5.75 Å². The average Bonchev–Trinajstić information content (AvgIpc) is 2.27. The van der Waals surface area contributed by atoms with Crippen molar-refractivity contribution >= 4 is 15.9 Å². The van der Waals surface area contributed by atoms with Gasteiger partial charge in [0.15, 0.2) is 0 Å². The molecular formula is C13H18BrNO. The van der Waals surface area contributed by atoms with Crippen LogP contribution in [0, 0.1) is 0 Å². The molecule has 0 aliphatic heterocycles. The third-order valence-corrected chi connectivity index (χ3v) is 2.80. The van der Waals surface area contributed by atoms with Gasteiger partial charge in [0, 0.05) is 16.1 Å². The van der Waals surface area contributed by atoms with E-state index in [0.717, 1.165) is 22.3 Å². The van der Waals surface area contributed by atoms with Gasteiger partial charge in [-0.2, -0.15) is 0 Å². The second-order valence-electron chi connectivity index (χ2n) is 3.56. The molecule has 0 bridgehead atoms. The Bertz CT molecular complexity index is 352. The summed E-state index contributed by atoms with van der Waals surface area (Å²) >= 11 is 3.48. The monoisotopic (exact) mass is 283 g/mol. The van der Waals surface area contributed by atoms with Gasteiger partial charge in [-0.3, -0.25) is 0 Å². The van der Waals surface area contributed by atoms with E-state index in [-0.39, 0.29) is 6.04 Å². The minimum absolute atomic E-state index is 0.280. The highest BCUT2D eigenvalue weighted by molar-refractivity contribution is 9.10. The first-order chi connectivity index (χ1) is 7.69. The number of hydrogen-bond acceptors (Lipinski definition) is 2. The highest BCUT2D eigenvalue weighted by Gasteiger charge is 2.10. The molecule has 0 aromatic heterocycles. The predicted octanol–water partition coefficient (Wildman–Crippen LogP) is 3.68. The van der Waals surface area contributed by atoms with Crippen LogP contribution in [0.25, 0.3) is 0 Å². The van der Waals surface area contributed by atoms with Crippen LogP contribution < -0.4 is 10.1 Å². The van der Waals surface area contributed by atoms with E-state index in [1.54, 1.807) is 6.08 Å². The van der Waals surface area contributed by atoms with Crippen LogP contribution in [0.15, 0.2) is 35.3 Å². The first-order valence-corrected chi connectivity index (χ1v) is 6.24. The van der Waals surface area contributed by atoms with Crippen molar-refractivity contribution in [2.45, 2.75) is 19.9 Å². The first-order valence-electron chi connectivity index (χ1n) is 5.45. The molecule has 0 radical (unpaired) electrons. The lowest BCUT2D eigenvalue weighted by Gasteiger charge is -2.17. The molecule has 1 atom stereocenters. The molecule has 16 heavy (non-hydrogen) atoms. The molecule has 1 aromatic rings. The summed E-state index contributed by atoms with van der Waals surface area (Å²) in [5.41, 5.74) is 1.16. The molecule has 1 rings (SSSR count). The summed E-state index contributed by atoms with van der Waals surface area (Å²) in [6.07, 6.45) is 1.75. The summed E-state index contributed by atoms with van der Waals surface area (Å²) in [6.45, 7) is 9.36. The molecule has 0 amide bonds. The van der Waals surface area contributed by atoms with Crippen molar-refractivity contribution in [1.82, 2.24) is 5.32 Å². The molecule has 0 spiro atoms. The Morgan fingerprint density at radius 2 is 2.31 bits per heavy atom. The largest absolute Gasteiger partial charge is 0.489 e. The van der Waals surface area contributed by atoms with Crippen molar-refractivity contribution in [2.24, 2.45) is 0 Å². The maximum Gasteiger partial charge on any atom is 0.124 e. The van der Waals surface area contributed by atoms with Crippen molar-refractivity contribution in [3.63, 3.8) is 0 Å². The van der Waals surface area contributed by atoms with Crippen LogP contribution in [0.5, 0.6) is 5.75 Å². The van der Waals surface area contributed by atoms with Gasteiger partial charge in [0.25, 0.3) is 0 Å². The van der Waals surface area contributed by atoms with Gasteiger partial charge in [-0.1, -0.05) is 35.5 Å². The molecule has 88 valence electrons. The molecule has 1 unspecified atom stereocenters. The Balaban J connectivity index is 2.92. The van der Waals surface area contributed by atoms with E-state index in [1.165, 1.54) is 0 Å². The number of ether oxygens (including phenoxy) is 1. The third kappa shape index (κ3) is 3.65. The highest BCUT2D eigenvalue weighted by atomic mass is 79.9. The fourth-order valence-corrected chi connectivity index (χ4v) is 1.93. The average molecular weight is 284 g/mol. The van der Waals surface area contributed by atoms with Gasteiger partial charge in [0.05, 0.1) is 0 Å². The lowest BCUT2D eigenvalue weighted by Crippen LogP contribution is -2.18. The van der Waals surface area contributed by atoms with Gasteiger partial charge in [0.2, 0.25) is 0 Å². The van der Waals surface area contributed by atoms with Crippen LogP contribution in [0.4, 0.5) is 0 Å². The number of nitrogens with one attached hydrogen (secondary N) is 1. The van der Waals surface area contributed by atoms with Gasteiger partial charge in [-0.25, -0.2) is 0 Å². The quantitative estimate of drug-likeness (QED) is 0.804. The molecule has 0 aliphatic rings. The third-order valence-electron chi connectivity index (χ3n) is 2.31. The topological polar surface area (TPSA) is 21.3 Å². The van der Waals surface area contributed by atoms with E-state index in [9.17, 15) is 0 Å². The maximum atomic E-state index is 5.63. The zero-order valence-corrected chi connectivity index (χ0v) is 11.4. The molecule has 1 aromatic carbocycles. The fraction of sp³-hybridized carbons (Fsp3) is 0.385. The van der Waals surface area contributed by atoms with Crippen LogP contribution in [0.3, 0.4) is 0 Å². The van der Waals surface area contributed by atoms with Crippen LogP contribution >= 0.6 is 15.9 Å². The van der Waals surface area contributed by atoms with E-state index in [1.807, 2.05) is 12.1 Å².